The number of hydrogen-bond acceptors (Lipinski definition) is 1. The first-order valence-electron chi connectivity index (χ1n) is 5.87. The Balaban J connectivity index is 2.26. The summed E-state index contributed by atoms with van der Waals surface area (Å²) in [5, 5.41) is 9.65. The molecule has 0 amide bonds. The van der Waals surface area contributed by atoms with E-state index in [1.807, 2.05) is 36.4 Å². The van der Waals surface area contributed by atoms with Crippen molar-refractivity contribution in [1.29, 1.82) is 0 Å². The Hall–Kier alpha value is -1.53. The first-order chi connectivity index (χ1) is 8.77. The summed E-state index contributed by atoms with van der Waals surface area (Å²) in [5.74, 6) is -0.707. The number of benzene rings is 2. The van der Waals surface area contributed by atoms with Crippen LogP contribution in [0.4, 0.5) is 0 Å². The minimum atomic E-state index is -1.46. The monoisotopic (exact) mass is 302 g/mol. The SMILES string of the molecule is O=C(O)CC[As](c1ccccc1)c1ccccc1. The van der Waals surface area contributed by atoms with Gasteiger partial charge in [0.25, 0.3) is 0 Å². The fourth-order valence-corrected chi connectivity index (χ4v) is 6.64. The van der Waals surface area contributed by atoms with Gasteiger partial charge < -0.3 is 0 Å². The predicted molar refractivity (Wildman–Crippen MR) is 75.0 cm³/mol. The van der Waals surface area contributed by atoms with Crippen LogP contribution in [0.3, 0.4) is 0 Å². The zero-order chi connectivity index (χ0) is 12.8. The first-order valence-corrected chi connectivity index (χ1v) is 9.07. The Kier molecular flexibility index (Phi) is 4.60. The average molecular weight is 302 g/mol. The molecule has 2 nitrogen and oxygen atoms in total. The number of aliphatic carboxylic acids is 1. The van der Waals surface area contributed by atoms with Gasteiger partial charge in [-0.15, -0.1) is 0 Å². The van der Waals surface area contributed by atoms with Crippen molar-refractivity contribution in [3.8, 4) is 0 Å². The number of carboxylic acids is 1. The van der Waals surface area contributed by atoms with Crippen LogP contribution < -0.4 is 8.70 Å². The van der Waals surface area contributed by atoms with Crippen LogP contribution in [-0.2, 0) is 4.79 Å². The third-order valence-electron chi connectivity index (χ3n) is 2.69. The summed E-state index contributed by atoms with van der Waals surface area (Å²) in [5.41, 5.74) is 0. The fourth-order valence-electron chi connectivity index (χ4n) is 1.83. The van der Waals surface area contributed by atoms with E-state index in [-0.39, 0.29) is 6.42 Å². The molecule has 92 valence electrons. The van der Waals surface area contributed by atoms with Gasteiger partial charge >= 0.3 is 112 Å². The molecular weight excluding hydrogens is 287 g/mol. The van der Waals surface area contributed by atoms with E-state index >= 15 is 0 Å². The third kappa shape index (κ3) is 3.48. The molecule has 0 fully saturated rings. The Bertz CT molecular complexity index is 457. The molecule has 0 heterocycles. The van der Waals surface area contributed by atoms with Crippen molar-refractivity contribution in [1.82, 2.24) is 0 Å². The molecule has 2 aromatic carbocycles. The standard InChI is InChI=1S/C15H15AsO2/c17-15(18)11-12-16(13-7-3-1-4-8-13)14-9-5-2-6-10-14/h1-10H,11-12H2,(H,17,18). The van der Waals surface area contributed by atoms with E-state index in [4.69, 9.17) is 5.11 Å². The molecule has 0 aromatic heterocycles. The van der Waals surface area contributed by atoms with Crippen molar-refractivity contribution in [2.75, 3.05) is 0 Å². The molecule has 18 heavy (non-hydrogen) atoms. The molecule has 0 bridgehead atoms. The Morgan fingerprint density at radius 2 is 1.33 bits per heavy atom. The van der Waals surface area contributed by atoms with E-state index in [9.17, 15) is 4.79 Å². The van der Waals surface area contributed by atoms with E-state index in [1.165, 1.54) is 8.70 Å². The maximum atomic E-state index is 10.8. The molecule has 0 atom stereocenters. The van der Waals surface area contributed by atoms with Crippen molar-refractivity contribution in [2.24, 2.45) is 0 Å². The van der Waals surface area contributed by atoms with E-state index in [1.54, 1.807) is 0 Å². The second kappa shape index (κ2) is 6.41. The van der Waals surface area contributed by atoms with Crippen LogP contribution in [-0.4, -0.2) is 25.7 Å². The summed E-state index contributed by atoms with van der Waals surface area (Å²) in [4.78, 5) is 10.8. The van der Waals surface area contributed by atoms with Crippen molar-refractivity contribution >= 4 is 29.3 Å². The van der Waals surface area contributed by atoms with Gasteiger partial charge in [0.2, 0.25) is 0 Å². The number of carbonyl (C=O) groups is 1. The van der Waals surface area contributed by atoms with E-state index in [2.05, 4.69) is 24.3 Å². The van der Waals surface area contributed by atoms with Crippen molar-refractivity contribution in [2.45, 2.75) is 11.6 Å². The van der Waals surface area contributed by atoms with Gasteiger partial charge in [-0.1, -0.05) is 0 Å². The molecule has 0 spiro atoms. The summed E-state index contributed by atoms with van der Waals surface area (Å²) >= 11 is -1.46. The summed E-state index contributed by atoms with van der Waals surface area (Å²) < 4.78 is 2.63. The molecule has 2 aromatic rings. The topological polar surface area (TPSA) is 37.3 Å². The van der Waals surface area contributed by atoms with Gasteiger partial charge in [-0.05, 0) is 0 Å². The second-order valence-corrected chi connectivity index (χ2v) is 8.87. The molecule has 0 saturated carbocycles. The van der Waals surface area contributed by atoms with E-state index < -0.39 is 20.6 Å². The fraction of sp³-hybridized carbons (Fsp3) is 0.133. The third-order valence-corrected chi connectivity index (χ3v) is 7.96. The van der Waals surface area contributed by atoms with Gasteiger partial charge in [0.15, 0.2) is 0 Å². The molecule has 0 aliphatic heterocycles. The molecule has 0 aliphatic rings. The Morgan fingerprint density at radius 3 is 1.72 bits per heavy atom. The molecule has 0 unspecified atom stereocenters. The van der Waals surface area contributed by atoms with E-state index in [0.29, 0.717) is 0 Å². The van der Waals surface area contributed by atoms with Crippen LogP contribution in [0, 0.1) is 0 Å². The maximum absolute atomic E-state index is 10.8. The summed E-state index contributed by atoms with van der Waals surface area (Å²) in [6, 6.07) is 20.6. The average Bonchev–Trinajstić information content (AvgIpc) is 2.41. The summed E-state index contributed by atoms with van der Waals surface area (Å²) in [6.45, 7) is 0. The second-order valence-electron chi connectivity index (χ2n) is 3.97. The van der Waals surface area contributed by atoms with Crippen molar-refractivity contribution in [3.05, 3.63) is 60.7 Å². The molecule has 1 N–H and O–H groups in total. The molecule has 3 heteroatoms. The van der Waals surface area contributed by atoms with Crippen molar-refractivity contribution < 1.29 is 9.90 Å². The van der Waals surface area contributed by atoms with Crippen LogP contribution >= 0.6 is 0 Å². The quantitative estimate of drug-likeness (QED) is 0.855. The molecule has 2 rings (SSSR count). The van der Waals surface area contributed by atoms with Gasteiger partial charge in [-0.3, -0.25) is 0 Å². The van der Waals surface area contributed by atoms with Gasteiger partial charge in [-0.25, -0.2) is 0 Å². The number of carboxylic acid groups (broad SMARTS) is 1. The van der Waals surface area contributed by atoms with Gasteiger partial charge in [0.1, 0.15) is 0 Å². The predicted octanol–water partition coefficient (Wildman–Crippen LogP) is 1.77. The van der Waals surface area contributed by atoms with Gasteiger partial charge in [0.05, 0.1) is 0 Å². The Labute approximate surface area is 112 Å². The molecule has 0 saturated heterocycles. The van der Waals surface area contributed by atoms with Gasteiger partial charge in [-0.2, -0.15) is 0 Å². The first kappa shape index (κ1) is 12.9. The molecule has 0 radical (unpaired) electrons. The number of hydrogen-bond donors (Lipinski definition) is 1. The normalized spacial score (nSPS) is 10.5. The summed E-state index contributed by atoms with van der Waals surface area (Å²) in [7, 11) is 0. The van der Waals surface area contributed by atoms with E-state index in [0.717, 1.165) is 5.21 Å². The van der Waals surface area contributed by atoms with Crippen LogP contribution in [0.1, 0.15) is 6.42 Å². The van der Waals surface area contributed by atoms with Crippen LogP contribution in [0.2, 0.25) is 5.21 Å². The molecular formula is C15H15AsO2. The minimum absolute atomic E-state index is 0.254. The van der Waals surface area contributed by atoms with Crippen LogP contribution in [0.5, 0.6) is 0 Å². The van der Waals surface area contributed by atoms with Crippen molar-refractivity contribution in [3.63, 3.8) is 0 Å². The zero-order valence-electron chi connectivity index (χ0n) is 9.99. The zero-order valence-corrected chi connectivity index (χ0v) is 11.9. The summed E-state index contributed by atoms with van der Waals surface area (Å²) in [6.07, 6.45) is 0.254. The molecule has 0 aliphatic carbocycles. The number of rotatable bonds is 5. The van der Waals surface area contributed by atoms with Crippen LogP contribution in [0.15, 0.2) is 60.7 Å². The van der Waals surface area contributed by atoms with Gasteiger partial charge in [0, 0.05) is 0 Å². The Morgan fingerprint density at radius 1 is 0.889 bits per heavy atom. The van der Waals surface area contributed by atoms with Crippen LogP contribution in [0.25, 0.3) is 0 Å².